The Morgan fingerprint density at radius 2 is 1.24 bits per heavy atom. The second-order valence-electron chi connectivity index (χ2n) is 4.84. The highest BCUT2D eigenvalue weighted by molar-refractivity contribution is 5.50. The first kappa shape index (κ1) is 15.4. The van der Waals surface area contributed by atoms with Gasteiger partial charge in [-0.25, -0.2) is 0 Å². The van der Waals surface area contributed by atoms with Crippen LogP contribution in [-0.2, 0) is 5.60 Å². The highest BCUT2D eigenvalue weighted by Crippen LogP contribution is 2.41. The largest absolute Gasteiger partial charge is 0.496 e. The molecule has 2 aromatic rings. The molecule has 0 radical (unpaired) electrons. The Morgan fingerprint density at radius 1 is 0.857 bits per heavy atom. The first-order chi connectivity index (χ1) is 10.1. The van der Waals surface area contributed by atoms with Crippen molar-refractivity contribution in [2.24, 2.45) is 0 Å². The molecule has 4 heteroatoms. The summed E-state index contributed by atoms with van der Waals surface area (Å²) in [5.41, 5.74) is -0.641. The van der Waals surface area contributed by atoms with Crippen molar-refractivity contribution in [1.82, 2.24) is 0 Å². The summed E-state index contributed by atoms with van der Waals surface area (Å²) in [6, 6.07) is 14.2. The molecule has 2 rings (SSSR count). The number of para-hydroxylation sites is 2. The van der Waals surface area contributed by atoms with Crippen LogP contribution in [0.15, 0.2) is 48.5 Å². The van der Waals surface area contributed by atoms with Crippen LogP contribution in [0.1, 0.15) is 18.1 Å². The molecule has 2 N–H and O–H groups in total. The molecule has 4 nitrogen and oxygen atoms in total. The predicted molar refractivity (Wildman–Crippen MR) is 80.7 cm³/mol. The Balaban J connectivity index is 2.71. The van der Waals surface area contributed by atoms with E-state index in [0.717, 1.165) is 0 Å². The van der Waals surface area contributed by atoms with Crippen LogP contribution >= 0.6 is 0 Å². The van der Waals surface area contributed by atoms with E-state index in [9.17, 15) is 10.2 Å². The number of hydrogen-bond donors (Lipinski definition) is 2. The van der Waals surface area contributed by atoms with Gasteiger partial charge < -0.3 is 19.7 Å². The molecule has 0 amide bonds. The van der Waals surface area contributed by atoms with Gasteiger partial charge in [0.1, 0.15) is 17.1 Å². The molecule has 0 aliphatic carbocycles. The van der Waals surface area contributed by atoms with Crippen molar-refractivity contribution in [2.45, 2.75) is 18.6 Å². The number of rotatable bonds is 5. The summed E-state index contributed by atoms with van der Waals surface area (Å²) in [5, 5.41) is 21.5. The topological polar surface area (TPSA) is 58.9 Å². The van der Waals surface area contributed by atoms with E-state index in [1.807, 2.05) is 12.1 Å². The first-order valence-electron chi connectivity index (χ1n) is 6.73. The predicted octanol–water partition coefficient (Wildman–Crippen LogP) is 2.32. The number of benzene rings is 2. The van der Waals surface area contributed by atoms with Crippen LogP contribution in [0.5, 0.6) is 11.5 Å². The summed E-state index contributed by atoms with van der Waals surface area (Å²) in [4.78, 5) is 0. The molecule has 0 aliphatic heterocycles. The van der Waals surface area contributed by atoms with Crippen LogP contribution < -0.4 is 9.47 Å². The summed E-state index contributed by atoms with van der Waals surface area (Å²) < 4.78 is 10.6. The highest BCUT2D eigenvalue weighted by Gasteiger charge is 2.41. The second-order valence-corrected chi connectivity index (χ2v) is 4.84. The van der Waals surface area contributed by atoms with Gasteiger partial charge >= 0.3 is 0 Å². The summed E-state index contributed by atoms with van der Waals surface area (Å²) in [6.07, 6.45) is -1.05. The number of hydrogen-bond acceptors (Lipinski definition) is 4. The number of aliphatic hydroxyl groups excluding tert-OH is 1. The van der Waals surface area contributed by atoms with Gasteiger partial charge in [-0.15, -0.1) is 0 Å². The van der Waals surface area contributed by atoms with Gasteiger partial charge in [0.15, 0.2) is 0 Å². The third-order valence-electron chi connectivity index (χ3n) is 3.64. The maximum atomic E-state index is 11.2. The highest BCUT2D eigenvalue weighted by atomic mass is 16.5. The minimum Gasteiger partial charge on any atom is -0.496 e. The van der Waals surface area contributed by atoms with Gasteiger partial charge in [0, 0.05) is 11.1 Å². The van der Waals surface area contributed by atoms with Crippen molar-refractivity contribution in [3.63, 3.8) is 0 Å². The third-order valence-corrected chi connectivity index (χ3v) is 3.64. The maximum absolute atomic E-state index is 11.2. The van der Waals surface area contributed by atoms with Crippen LogP contribution in [0.4, 0.5) is 0 Å². The molecule has 2 aromatic carbocycles. The molecule has 0 bridgehead atoms. The van der Waals surface area contributed by atoms with Gasteiger partial charge in [0.05, 0.1) is 20.3 Å². The molecule has 0 fully saturated rings. The molecule has 1 atom stereocenters. The number of aliphatic hydroxyl groups is 2. The fraction of sp³-hybridized carbons (Fsp3) is 0.294. The van der Waals surface area contributed by atoms with E-state index in [2.05, 4.69) is 0 Å². The van der Waals surface area contributed by atoms with Gasteiger partial charge in [-0.1, -0.05) is 36.4 Å². The Hall–Kier alpha value is -2.04. The van der Waals surface area contributed by atoms with Crippen LogP contribution in [0.2, 0.25) is 0 Å². The lowest BCUT2D eigenvalue weighted by atomic mass is 9.81. The summed E-state index contributed by atoms with van der Waals surface area (Å²) >= 11 is 0. The quantitative estimate of drug-likeness (QED) is 0.886. The third kappa shape index (κ3) is 2.60. The normalized spacial score (nSPS) is 12.8. The Bertz CT molecular complexity index is 560. The second kappa shape index (κ2) is 6.16. The first-order valence-corrected chi connectivity index (χ1v) is 6.73. The standard InChI is InChI=1S/C17H20O4/c1-12(18)17(19,13-8-4-6-10-15(13)20-2)14-9-5-7-11-16(14)21-3/h4-12,18-19H,1-3H3/t12-/m0/s1. The lowest BCUT2D eigenvalue weighted by Crippen LogP contribution is -2.39. The summed E-state index contributed by atoms with van der Waals surface area (Å²) in [7, 11) is 3.06. The maximum Gasteiger partial charge on any atom is 0.147 e. The molecule has 0 heterocycles. The zero-order valence-electron chi connectivity index (χ0n) is 12.4. The molecule has 112 valence electrons. The minimum atomic E-state index is -1.63. The smallest absolute Gasteiger partial charge is 0.147 e. The monoisotopic (exact) mass is 288 g/mol. The van der Waals surface area contributed by atoms with Crippen LogP contribution in [0.3, 0.4) is 0 Å². The summed E-state index contributed by atoms with van der Waals surface area (Å²) in [5.74, 6) is 1.01. The van der Waals surface area contributed by atoms with Crippen LogP contribution in [0.25, 0.3) is 0 Å². The Labute approximate surface area is 124 Å². The molecular formula is C17H20O4. The van der Waals surface area contributed by atoms with Gasteiger partial charge in [0.25, 0.3) is 0 Å². The van der Waals surface area contributed by atoms with Gasteiger partial charge in [-0.05, 0) is 19.1 Å². The molecule has 0 saturated carbocycles. The van der Waals surface area contributed by atoms with Gasteiger partial charge in [-0.3, -0.25) is 0 Å². The zero-order chi connectivity index (χ0) is 15.5. The molecule has 21 heavy (non-hydrogen) atoms. The van der Waals surface area contributed by atoms with E-state index in [0.29, 0.717) is 22.6 Å². The Kier molecular flexibility index (Phi) is 4.50. The number of ether oxygens (including phenoxy) is 2. The molecule has 0 unspecified atom stereocenters. The van der Waals surface area contributed by atoms with Crippen molar-refractivity contribution in [2.75, 3.05) is 14.2 Å². The minimum absolute atomic E-state index is 0.493. The SMILES string of the molecule is COc1ccccc1C(O)(c1ccccc1OC)[C@H](C)O. The average molecular weight is 288 g/mol. The molecule has 0 saturated heterocycles. The lowest BCUT2D eigenvalue weighted by Gasteiger charge is -2.34. The van der Waals surface area contributed by atoms with E-state index < -0.39 is 11.7 Å². The average Bonchev–Trinajstić information content (AvgIpc) is 2.53. The van der Waals surface area contributed by atoms with Crippen LogP contribution in [0, 0.1) is 0 Å². The van der Waals surface area contributed by atoms with E-state index in [-0.39, 0.29) is 0 Å². The molecule has 0 spiro atoms. The fourth-order valence-corrected chi connectivity index (χ4v) is 2.51. The van der Waals surface area contributed by atoms with E-state index in [4.69, 9.17) is 9.47 Å². The molecule has 0 aromatic heterocycles. The molecular weight excluding hydrogens is 268 g/mol. The zero-order valence-corrected chi connectivity index (χ0v) is 12.4. The van der Waals surface area contributed by atoms with Gasteiger partial charge in [0.2, 0.25) is 0 Å². The van der Waals surface area contributed by atoms with Crippen molar-refractivity contribution < 1.29 is 19.7 Å². The fourth-order valence-electron chi connectivity index (χ4n) is 2.51. The van der Waals surface area contributed by atoms with E-state index in [1.54, 1.807) is 43.3 Å². The van der Waals surface area contributed by atoms with Crippen molar-refractivity contribution >= 4 is 0 Å². The Morgan fingerprint density at radius 3 is 1.57 bits per heavy atom. The summed E-state index contributed by atoms with van der Waals surface area (Å²) in [6.45, 7) is 1.54. The van der Waals surface area contributed by atoms with Crippen LogP contribution in [-0.4, -0.2) is 30.5 Å². The number of methoxy groups -OCH3 is 2. The van der Waals surface area contributed by atoms with Crippen molar-refractivity contribution in [3.05, 3.63) is 59.7 Å². The van der Waals surface area contributed by atoms with Gasteiger partial charge in [-0.2, -0.15) is 0 Å². The van der Waals surface area contributed by atoms with Crippen molar-refractivity contribution in [3.8, 4) is 11.5 Å². The lowest BCUT2D eigenvalue weighted by molar-refractivity contribution is -0.0420. The van der Waals surface area contributed by atoms with Crippen molar-refractivity contribution in [1.29, 1.82) is 0 Å². The van der Waals surface area contributed by atoms with E-state index >= 15 is 0 Å². The van der Waals surface area contributed by atoms with E-state index in [1.165, 1.54) is 14.2 Å². The molecule has 0 aliphatic rings.